The second kappa shape index (κ2) is 7.39. The molecule has 1 rings (SSSR count). The number of hydrogen-bond acceptors (Lipinski definition) is 2. The van der Waals surface area contributed by atoms with Crippen LogP contribution in [-0.2, 0) is 4.79 Å². The first-order valence-corrected chi connectivity index (χ1v) is 5.57. The van der Waals surface area contributed by atoms with Crippen molar-refractivity contribution >= 4 is 11.8 Å². The van der Waals surface area contributed by atoms with Gasteiger partial charge < -0.3 is 0 Å². The highest BCUT2D eigenvalue weighted by molar-refractivity contribution is 6.09. The summed E-state index contributed by atoms with van der Waals surface area (Å²) in [5.41, 5.74) is 0.844. The maximum Gasteiger partial charge on any atom is 0.260 e. The number of carbonyl (C=O) groups is 2. The average molecular weight is 233 g/mol. The van der Waals surface area contributed by atoms with Crippen LogP contribution in [0.25, 0.3) is 0 Å². The Morgan fingerprint density at radius 2 is 1.59 bits per heavy atom. The van der Waals surface area contributed by atoms with E-state index in [9.17, 15) is 9.59 Å². The predicted octanol–water partition coefficient (Wildman–Crippen LogP) is 2.89. The Balaban J connectivity index is 0.00000121. The van der Waals surface area contributed by atoms with Crippen LogP contribution in [0.15, 0.2) is 42.5 Å². The highest BCUT2D eigenvalue weighted by Crippen LogP contribution is 2.05. The molecule has 0 radical (unpaired) electrons. The molecule has 0 aliphatic rings. The summed E-state index contributed by atoms with van der Waals surface area (Å²) in [5, 5.41) is 0. The van der Waals surface area contributed by atoms with Crippen LogP contribution in [0.4, 0.5) is 0 Å². The fraction of sp³-hybridized carbons (Fsp3) is 0.286. The monoisotopic (exact) mass is 233 g/mol. The van der Waals surface area contributed by atoms with Gasteiger partial charge in [0.1, 0.15) is 0 Å². The lowest BCUT2D eigenvalue weighted by Crippen LogP contribution is -2.33. The molecule has 0 spiro atoms. The van der Waals surface area contributed by atoms with Crippen molar-refractivity contribution in [2.24, 2.45) is 0 Å². The summed E-state index contributed by atoms with van der Waals surface area (Å²) in [6, 6.07) is 8.67. The molecule has 0 unspecified atom stereocenters. The number of rotatable bonds is 2. The molecule has 3 heteroatoms. The summed E-state index contributed by atoms with van der Waals surface area (Å²) in [6.45, 7) is 9.09. The number of benzene rings is 1. The van der Waals surface area contributed by atoms with E-state index in [1.54, 1.807) is 31.2 Å². The quantitative estimate of drug-likeness (QED) is 0.736. The maximum atomic E-state index is 11.8. The van der Waals surface area contributed by atoms with Crippen molar-refractivity contribution < 1.29 is 9.59 Å². The van der Waals surface area contributed by atoms with Gasteiger partial charge in [0.15, 0.2) is 0 Å². The Kier molecular flexibility index (Phi) is 6.56. The highest BCUT2D eigenvalue weighted by Gasteiger charge is 2.18. The Bertz CT molecular complexity index is 396. The molecule has 0 heterocycles. The summed E-state index contributed by atoms with van der Waals surface area (Å²) >= 11 is 0. The molecular weight excluding hydrogens is 214 g/mol. The smallest absolute Gasteiger partial charge is 0.260 e. The van der Waals surface area contributed by atoms with E-state index in [1.165, 1.54) is 7.05 Å². The average Bonchev–Trinajstić information content (AvgIpc) is 2.39. The Labute approximate surface area is 103 Å². The third-order valence-electron chi connectivity index (χ3n) is 2.00. The van der Waals surface area contributed by atoms with Gasteiger partial charge >= 0.3 is 0 Å². The molecule has 17 heavy (non-hydrogen) atoms. The normalized spacial score (nSPS) is 8.71. The standard InChI is InChI=1S/C12H13NO2.C2H6/c1-9(2)11(14)13(3)12(15)10-7-5-4-6-8-10;1-2/h4-8H,1H2,2-3H3;1-2H3. The Morgan fingerprint density at radius 3 is 2.00 bits per heavy atom. The van der Waals surface area contributed by atoms with E-state index in [0.29, 0.717) is 11.1 Å². The van der Waals surface area contributed by atoms with Gasteiger partial charge in [-0.05, 0) is 19.1 Å². The van der Waals surface area contributed by atoms with Crippen molar-refractivity contribution in [2.45, 2.75) is 20.8 Å². The zero-order valence-corrected chi connectivity index (χ0v) is 10.9. The Morgan fingerprint density at radius 1 is 1.12 bits per heavy atom. The first-order chi connectivity index (χ1) is 8.04. The molecule has 0 fully saturated rings. The number of carbonyl (C=O) groups excluding carboxylic acids is 2. The van der Waals surface area contributed by atoms with E-state index in [4.69, 9.17) is 0 Å². The van der Waals surface area contributed by atoms with Crippen LogP contribution in [0.5, 0.6) is 0 Å². The number of amides is 2. The van der Waals surface area contributed by atoms with Crippen LogP contribution in [0, 0.1) is 0 Å². The molecule has 0 atom stereocenters. The first kappa shape index (κ1) is 15.1. The number of nitrogens with zero attached hydrogens (tertiary/aromatic N) is 1. The summed E-state index contributed by atoms with van der Waals surface area (Å²) in [6.07, 6.45) is 0. The fourth-order valence-corrected chi connectivity index (χ4v) is 1.15. The summed E-state index contributed by atoms with van der Waals surface area (Å²) < 4.78 is 0. The molecular formula is C14H19NO2. The van der Waals surface area contributed by atoms with Gasteiger partial charge in [0.25, 0.3) is 11.8 Å². The fourth-order valence-electron chi connectivity index (χ4n) is 1.15. The van der Waals surface area contributed by atoms with Gasteiger partial charge in [-0.3, -0.25) is 14.5 Å². The van der Waals surface area contributed by atoms with Crippen molar-refractivity contribution in [3.63, 3.8) is 0 Å². The topological polar surface area (TPSA) is 37.4 Å². The van der Waals surface area contributed by atoms with Gasteiger partial charge in [-0.2, -0.15) is 0 Å². The first-order valence-electron chi connectivity index (χ1n) is 5.57. The predicted molar refractivity (Wildman–Crippen MR) is 69.7 cm³/mol. The second-order valence-electron chi connectivity index (χ2n) is 3.32. The number of imide groups is 1. The van der Waals surface area contributed by atoms with Crippen molar-refractivity contribution in [1.29, 1.82) is 0 Å². The second-order valence-corrected chi connectivity index (χ2v) is 3.32. The van der Waals surface area contributed by atoms with Gasteiger partial charge in [0, 0.05) is 18.2 Å². The molecule has 0 aliphatic heterocycles. The van der Waals surface area contributed by atoms with Crippen LogP contribution in [0.2, 0.25) is 0 Å². The van der Waals surface area contributed by atoms with Crippen LogP contribution in [-0.4, -0.2) is 23.8 Å². The summed E-state index contributed by atoms with van der Waals surface area (Å²) in [5.74, 6) is -0.674. The van der Waals surface area contributed by atoms with E-state index in [-0.39, 0.29) is 11.8 Å². The molecule has 1 aromatic rings. The van der Waals surface area contributed by atoms with E-state index in [1.807, 2.05) is 19.9 Å². The molecule has 0 saturated heterocycles. The minimum Gasteiger partial charge on any atom is -0.278 e. The molecule has 0 aliphatic carbocycles. The van der Waals surface area contributed by atoms with E-state index in [0.717, 1.165) is 4.90 Å². The molecule has 0 N–H and O–H groups in total. The molecule has 2 amide bonds. The number of hydrogen-bond donors (Lipinski definition) is 0. The van der Waals surface area contributed by atoms with Gasteiger partial charge in [0.2, 0.25) is 0 Å². The van der Waals surface area contributed by atoms with Gasteiger partial charge in [0.05, 0.1) is 0 Å². The largest absolute Gasteiger partial charge is 0.278 e. The SMILES string of the molecule is C=C(C)C(=O)N(C)C(=O)c1ccccc1.CC. The van der Waals surface area contributed by atoms with Crippen LogP contribution in [0.1, 0.15) is 31.1 Å². The lowest BCUT2D eigenvalue weighted by Gasteiger charge is -2.14. The molecule has 0 aromatic heterocycles. The molecule has 1 aromatic carbocycles. The van der Waals surface area contributed by atoms with Crippen LogP contribution < -0.4 is 0 Å². The third-order valence-corrected chi connectivity index (χ3v) is 2.00. The lowest BCUT2D eigenvalue weighted by atomic mass is 10.2. The molecule has 0 saturated carbocycles. The maximum absolute atomic E-state index is 11.8. The van der Waals surface area contributed by atoms with Crippen LogP contribution >= 0.6 is 0 Å². The minimum atomic E-state index is -0.358. The van der Waals surface area contributed by atoms with Crippen molar-refractivity contribution in [3.8, 4) is 0 Å². The van der Waals surface area contributed by atoms with Gasteiger partial charge in [-0.15, -0.1) is 0 Å². The highest BCUT2D eigenvalue weighted by atomic mass is 16.2. The van der Waals surface area contributed by atoms with Crippen molar-refractivity contribution in [1.82, 2.24) is 4.90 Å². The van der Waals surface area contributed by atoms with E-state index < -0.39 is 0 Å². The van der Waals surface area contributed by atoms with Gasteiger partial charge in [-0.1, -0.05) is 38.6 Å². The molecule has 3 nitrogen and oxygen atoms in total. The lowest BCUT2D eigenvalue weighted by molar-refractivity contribution is -0.123. The van der Waals surface area contributed by atoms with Crippen LogP contribution in [0.3, 0.4) is 0 Å². The third kappa shape index (κ3) is 4.23. The summed E-state index contributed by atoms with van der Waals surface area (Å²) in [4.78, 5) is 24.3. The van der Waals surface area contributed by atoms with Crippen molar-refractivity contribution in [3.05, 3.63) is 48.0 Å². The zero-order valence-electron chi connectivity index (χ0n) is 10.9. The Hall–Kier alpha value is -1.90. The van der Waals surface area contributed by atoms with Gasteiger partial charge in [-0.25, -0.2) is 0 Å². The van der Waals surface area contributed by atoms with E-state index in [2.05, 4.69) is 6.58 Å². The molecule has 92 valence electrons. The minimum absolute atomic E-state index is 0.316. The van der Waals surface area contributed by atoms with E-state index >= 15 is 0 Å². The number of likely N-dealkylation sites (N-methyl/N-ethyl adjacent to an activating group) is 1. The van der Waals surface area contributed by atoms with Crippen molar-refractivity contribution in [2.75, 3.05) is 7.05 Å². The molecule has 0 bridgehead atoms. The zero-order chi connectivity index (χ0) is 13.4. The summed E-state index contributed by atoms with van der Waals surface area (Å²) in [7, 11) is 1.45.